The molecule has 0 aromatic carbocycles. The first kappa shape index (κ1) is 15.2. The van der Waals surface area contributed by atoms with E-state index in [1.54, 1.807) is 19.3 Å². The minimum atomic E-state index is -0.484. The van der Waals surface area contributed by atoms with Gasteiger partial charge in [-0.15, -0.1) is 0 Å². The van der Waals surface area contributed by atoms with Crippen LogP contribution in [0.4, 0.5) is 4.79 Å². The average molecular weight is 267 g/mol. The highest BCUT2D eigenvalue weighted by atomic mass is 16.2. The van der Waals surface area contributed by atoms with Crippen LogP contribution in [-0.4, -0.2) is 34.2 Å². The summed E-state index contributed by atoms with van der Waals surface area (Å²) in [5.41, 5.74) is 0.950. The van der Waals surface area contributed by atoms with Crippen molar-refractivity contribution in [2.75, 3.05) is 0 Å². The van der Waals surface area contributed by atoms with Gasteiger partial charge in [-0.05, 0) is 27.7 Å². The first-order chi connectivity index (χ1) is 8.90. The van der Waals surface area contributed by atoms with Crippen LogP contribution in [0.1, 0.15) is 39.3 Å². The van der Waals surface area contributed by atoms with Gasteiger partial charge in [0.1, 0.15) is 0 Å². The number of nitrogens with zero attached hydrogens (tertiary/aromatic N) is 1. The zero-order chi connectivity index (χ0) is 14.4. The van der Waals surface area contributed by atoms with Gasteiger partial charge in [-0.25, -0.2) is 4.79 Å². The van der Waals surface area contributed by atoms with Gasteiger partial charge in [0.25, 0.3) is 0 Å². The van der Waals surface area contributed by atoms with Crippen LogP contribution in [0.15, 0.2) is 12.4 Å². The molecule has 7 heteroatoms. The molecule has 7 nitrogen and oxygen atoms in total. The molecule has 1 heterocycles. The van der Waals surface area contributed by atoms with Crippen molar-refractivity contribution in [3.8, 4) is 0 Å². The lowest BCUT2D eigenvalue weighted by atomic mass is 10.1. The number of urea groups is 1. The molecule has 1 aromatic heterocycles. The van der Waals surface area contributed by atoms with Gasteiger partial charge in [0.2, 0.25) is 5.91 Å². The van der Waals surface area contributed by atoms with Crippen LogP contribution in [0, 0.1) is 0 Å². The summed E-state index contributed by atoms with van der Waals surface area (Å²) in [5.74, 6) is -0.367. The van der Waals surface area contributed by atoms with Crippen LogP contribution in [-0.2, 0) is 4.79 Å². The van der Waals surface area contributed by atoms with Crippen molar-refractivity contribution in [1.82, 2.24) is 26.1 Å². The van der Waals surface area contributed by atoms with Crippen molar-refractivity contribution >= 4 is 11.9 Å². The number of hydrogen-bond acceptors (Lipinski definition) is 4. The molecule has 1 aromatic rings. The number of aromatic nitrogens is 2. The van der Waals surface area contributed by atoms with Crippen LogP contribution in [0.2, 0.25) is 0 Å². The Kier molecular flexibility index (Phi) is 5.50. The highest BCUT2D eigenvalue weighted by molar-refractivity contribution is 5.96. The van der Waals surface area contributed by atoms with Crippen molar-refractivity contribution in [2.24, 2.45) is 0 Å². The maximum absolute atomic E-state index is 11.8. The van der Waals surface area contributed by atoms with Crippen LogP contribution < -0.4 is 16.0 Å². The molecule has 0 saturated carbocycles. The van der Waals surface area contributed by atoms with E-state index in [2.05, 4.69) is 26.1 Å². The van der Waals surface area contributed by atoms with Crippen LogP contribution in [0.5, 0.6) is 0 Å². The second kappa shape index (κ2) is 6.89. The fraction of sp³-hybridized carbons (Fsp3) is 0.583. The molecule has 0 radical (unpaired) electrons. The van der Waals surface area contributed by atoms with Gasteiger partial charge in [0.15, 0.2) is 0 Å². The topological polar surface area (TPSA) is 98.9 Å². The molecule has 0 aliphatic heterocycles. The lowest BCUT2D eigenvalue weighted by molar-refractivity contribution is -0.121. The highest BCUT2D eigenvalue weighted by Crippen LogP contribution is 2.09. The number of imide groups is 1. The average Bonchev–Trinajstić information content (AvgIpc) is 2.80. The molecular weight excluding hydrogens is 246 g/mol. The highest BCUT2D eigenvalue weighted by Gasteiger charge is 2.18. The van der Waals surface area contributed by atoms with Crippen molar-refractivity contribution in [1.29, 1.82) is 0 Å². The monoisotopic (exact) mass is 267 g/mol. The SMILES string of the molecule is CC(C)NC(=O)NC(=O)[C@H](C)N[C@@H](C)c1cn[nH]c1. The quantitative estimate of drug-likeness (QED) is 0.630. The molecule has 19 heavy (non-hydrogen) atoms. The van der Waals surface area contributed by atoms with E-state index in [1.807, 2.05) is 20.8 Å². The van der Waals surface area contributed by atoms with Crippen molar-refractivity contribution < 1.29 is 9.59 Å². The van der Waals surface area contributed by atoms with Crippen LogP contribution in [0.25, 0.3) is 0 Å². The Labute approximate surface area is 112 Å². The maximum Gasteiger partial charge on any atom is 0.321 e. The molecule has 2 atom stereocenters. The third-order valence-corrected chi connectivity index (χ3v) is 2.57. The molecular formula is C12H21N5O2. The predicted molar refractivity (Wildman–Crippen MR) is 71.4 cm³/mol. The molecule has 0 fully saturated rings. The summed E-state index contributed by atoms with van der Waals surface area (Å²) in [6.45, 7) is 7.27. The molecule has 3 amide bonds. The molecule has 0 unspecified atom stereocenters. The van der Waals surface area contributed by atoms with E-state index in [4.69, 9.17) is 0 Å². The van der Waals surface area contributed by atoms with Crippen LogP contribution in [0.3, 0.4) is 0 Å². The van der Waals surface area contributed by atoms with Gasteiger partial charge in [-0.2, -0.15) is 5.10 Å². The zero-order valence-electron chi connectivity index (χ0n) is 11.7. The fourth-order valence-corrected chi connectivity index (χ4v) is 1.56. The maximum atomic E-state index is 11.8. The molecule has 106 valence electrons. The number of nitrogens with one attached hydrogen (secondary N) is 4. The summed E-state index contributed by atoms with van der Waals surface area (Å²) in [6.07, 6.45) is 3.45. The van der Waals surface area contributed by atoms with E-state index in [-0.39, 0.29) is 18.0 Å². The van der Waals surface area contributed by atoms with E-state index in [0.29, 0.717) is 0 Å². The molecule has 0 bridgehead atoms. The van der Waals surface area contributed by atoms with Gasteiger partial charge >= 0.3 is 6.03 Å². The normalized spacial score (nSPS) is 13.9. The Hall–Kier alpha value is -1.89. The Bertz CT molecular complexity index is 416. The standard InChI is InChI=1S/C12H21N5O2/c1-7(2)15-12(19)17-11(18)9(4)16-8(3)10-5-13-14-6-10/h5-9,16H,1-4H3,(H,13,14)(H2,15,17,18,19)/t8-,9-/m0/s1. The lowest BCUT2D eigenvalue weighted by Gasteiger charge is -2.18. The predicted octanol–water partition coefficient (Wildman–Crippen LogP) is 0.683. The Morgan fingerprint density at radius 1 is 1.26 bits per heavy atom. The molecule has 4 N–H and O–H groups in total. The fourth-order valence-electron chi connectivity index (χ4n) is 1.56. The van der Waals surface area contributed by atoms with E-state index < -0.39 is 12.1 Å². The molecule has 0 saturated heterocycles. The lowest BCUT2D eigenvalue weighted by Crippen LogP contribution is -2.49. The summed E-state index contributed by atoms with van der Waals surface area (Å²) >= 11 is 0. The largest absolute Gasteiger partial charge is 0.336 e. The number of H-pyrrole nitrogens is 1. The van der Waals surface area contributed by atoms with Gasteiger partial charge in [-0.3, -0.25) is 20.5 Å². The number of carbonyl (C=O) groups is 2. The van der Waals surface area contributed by atoms with E-state index in [1.165, 1.54) is 0 Å². The first-order valence-corrected chi connectivity index (χ1v) is 6.26. The number of amides is 3. The van der Waals surface area contributed by atoms with Crippen molar-refractivity contribution in [2.45, 2.75) is 45.8 Å². The Morgan fingerprint density at radius 3 is 2.47 bits per heavy atom. The number of carbonyl (C=O) groups excluding carboxylic acids is 2. The summed E-state index contributed by atoms with van der Waals surface area (Å²) in [6, 6.07) is -1.01. The van der Waals surface area contributed by atoms with Gasteiger partial charge in [0.05, 0.1) is 12.2 Å². The van der Waals surface area contributed by atoms with Gasteiger partial charge in [-0.1, -0.05) is 0 Å². The third kappa shape index (κ3) is 5.09. The summed E-state index contributed by atoms with van der Waals surface area (Å²) in [7, 11) is 0. The molecule has 1 rings (SSSR count). The Morgan fingerprint density at radius 2 is 1.95 bits per heavy atom. The van der Waals surface area contributed by atoms with Crippen molar-refractivity contribution in [3.63, 3.8) is 0 Å². The molecule has 0 aliphatic rings. The summed E-state index contributed by atoms with van der Waals surface area (Å²) in [4.78, 5) is 23.2. The molecule has 0 aliphatic carbocycles. The van der Waals surface area contributed by atoms with Crippen LogP contribution >= 0.6 is 0 Å². The number of aromatic amines is 1. The molecule has 0 spiro atoms. The van der Waals surface area contributed by atoms with Gasteiger partial charge < -0.3 is 5.32 Å². The summed E-state index contributed by atoms with van der Waals surface area (Å²) in [5, 5.41) is 14.5. The van der Waals surface area contributed by atoms with E-state index in [9.17, 15) is 9.59 Å². The smallest absolute Gasteiger partial charge is 0.321 e. The Balaban J connectivity index is 2.42. The first-order valence-electron chi connectivity index (χ1n) is 6.26. The number of rotatable bonds is 5. The summed E-state index contributed by atoms with van der Waals surface area (Å²) < 4.78 is 0. The van der Waals surface area contributed by atoms with Gasteiger partial charge in [0, 0.05) is 23.8 Å². The van der Waals surface area contributed by atoms with Crippen molar-refractivity contribution in [3.05, 3.63) is 18.0 Å². The minimum Gasteiger partial charge on any atom is -0.336 e. The second-order valence-corrected chi connectivity index (χ2v) is 4.76. The second-order valence-electron chi connectivity index (χ2n) is 4.76. The minimum absolute atomic E-state index is 0.0130. The van der Waals surface area contributed by atoms with E-state index in [0.717, 1.165) is 5.56 Å². The van der Waals surface area contributed by atoms with E-state index >= 15 is 0 Å². The number of hydrogen-bond donors (Lipinski definition) is 4. The third-order valence-electron chi connectivity index (χ3n) is 2.57. The zero-order valence-corrected chi connectivity index (χ0v) is 11.7.